The molecule has 0 saturated heterocycles. The highest BCUT2D eigenvalue weighted by Gasteiger charge is 1.88. The molecule has 0 saturated carbocycles. The Bertz CT molecular complexity index is 232. The summed E-state index contributed by atoms with van der Waals surface area (Å²) in [6, 6.07) is 8.47. The molecule has 0 heterocycles. The zero-order valence-corrected chi connectivity index (χ0v) is 7.58. The third kappa shape index (κ3) is 2.17. The van der Waals surface area contributed by atoms with Crippen LogP contribution in [0, 0.1) is 6.92 Å². The van der Waals surface area contributed by atoms with Gasteiger partial charge in [0.1, 0.15) is 0 Å². The standard InChI is InChI=1S/C8H9PS/c1-7-3-2-4-8(5-7)6-9-10/h2-5H,6H2,1H3. The van der Waals surface area contributed by atoms with Crippen molar-refractivity contribution >= 4 is 19.2 Å². The minimum atomic E-state index is 0.997. The van der Waals surface area contributed by atoms with E-state index in [-0.39, 0.29) is 0 Å². The molecule has 0 aliphatic heterocycles. The third-order valence-corrected chi connectivity index (χ3v) is 2.21. The summed E-state index contributed by atoms with van der Waals surface area (Å²) < 4.78 is 0. The average Bonchev–Trinajstić information content (AvgIpc) is 1.88. The average molecular weight is 168 g/mol. The molecule has 0 nitrogen and oxygen atoms in total. The molecule has 0 fully saturated rings. The summed E-state index contributed by atoms with van der Waals surface area (Å²) in [7, 11) is 1.03. The maximum atomic E-state index is 4.85. The van der Waals surface area contributed by atoms with E-state index < -0.39 is 0 Å². The largest absolute Gasteiger partial charge is 0.0617 e. The molecule has 0 radical (unpaired) electrons. The smallest absolute Gasteiger partial charge is 0.0250 e. The number of benzene rings is 1. The molecule has 2 heteroatoms. The predicted molar refractivity (Wildman–Crippen MR) is 49.2 cm³/mol. The second kappa shape index (κ2) is 3.80. The highest BCUT2D eigenvalue weighted by Crippen LogP contribution is 2.10. The Balaban J connectivity index is 2.84. The van der Waals surface area contributed by atoms with E-state index in [1.165, 1.54) is 11.1 Å². The van der Waals surface area contributed by atoms with Gasteiger partial charge in [-0.15, -0.1) is 0 Å². The summed E-state index contributed by atoms with van der Waals surface area (Å²) in [6.07, 6.45) is 0.997. The summed E-state index contributed by atoms with van der Waals surface area (Å²) in [5.74, 6) is 0. The van der Waals surface area contributed by atoms with Crippen molar-refractivity contribution in [3.05, 3.63) is 35.4 Å². The SMILES string of the molecule is Cc1cccc(CP=S)c1. The molecule has 0 unspecified atom stereocenters. The van der Waals surface area contributed by atoms with E-state index in [1.807, 2.05) is 0 Å². The Hall–Kier alpha value is -0.260. The molecule has 10 heavy (non-hydrogen) atoms. The molecule has 0 N–H and O–H groups in total. The molecule has 0 atom stereocenters. The summed E-state index contributed by atoms with van der Waals surface area (Å²) in [5.41, 5.74) is 2.66. The Morgan fingerprint density at radius 2 is 2.30 bits per heavy atom. The predicted octanol–water partition coefficient (Wildman–Crippen LogP) is 2.90. The lowest BCUT2D eigenvalue weighted by Gasteiger charge is -1.95. The number of aryl methyl sites for hydroxylation is 1. The van der Waals surface area contributed by atoms with Gasteiger partial charge in [0.15, 0.2) is 0 Å². The second-order valence-electron chi connectivity index (χ2n) is 2.28. The molecule has 0 aliphatic carbocycles. The van der Waals surface area contributed by atoms with Crippen LogP contribution in [0.3, 0.4) is 0 Å². The first-order chi connectivity index (χ1) is 4.83. The minimum absolute atomic E-state index is 0.997. The number of rotatable bonds is 2. The molecular formula is C8H9PS. The van der Waals surface area contributed by atoms with Crippen molar-refractivity contribution in [2.75, 3.05) is 0 Å². The zero-order chi connectivity index (χ0) is 7.40. The first-order valence-corrected chi connectivity index (χ1v) is 5.27. The van der Waals surface area contributed by atoms with Gasteiger partial charge in [-0.05, 0) is 19.8 Å². The van der Waals surface area contributed by atoms with Crippen LogP contribution in [0.25, 0.3) is 0 Å². The van der Waals surface area contributed by atoms with Crippen molar-refractivity contribution < 1.29 is 0 Å². The second-order valence-corrected chi connectivity index (χ2v) is 3.63. The van der Waals surface area contributed by atoms with Gasteiger partial charge in [0.2, 0.25) is 0 Å². The lowest BCUT2D eigenvalue weighted by atomic mass is 10.2. The van der Waals surface area contributed by atoms with Crippen LogP contribution in [0.1, 0.15) is 11.1 Å². The molecule has 0 bridgehead atoms. The Morgan fingerprint density at radius 3 is 2.90 bits per heavy atom. The monoisotopic (exact) mass is 168 g/mol. The molecule has 1 rings (SSSR count). The molecule has 1 aromatic carbocycles. The van der Waals surface area contributed by atoms with Gasteiger partial charge in [-0.2, -0.15) is 0 Å². The number of hydrogen-bond acceptors (Lipinski definition) is 1. The lowest BCUT2D eigenvalue weighted by Crippen LogP contribution is -1.77. The van der Waals surface area contributed by atoms with E-state index in [0.29, 0.717) is 0 Å². The van der Waals surface area contributed by atoms with Gasteiger partial charge < -0.3 is 0 Å². The topological polar surface area (TPSA) is 0 Å². The lowest BCUT2D eigenvalue weighted by molar-refractivity contribution is 1.36. The maximum Gasteiger partial charge on any atom is 0.0250 e. The quantitative estimate of drug-likeness (QED) is 0.612. The van der Waals surface area contributed by atoms with E-state index in [9.17, 15) is 0 Å². The molecule has 0 amide bonds. The molecule has 0 aromatic heterocycles. The van der Waals surface area contributed by atoms with Crippen LogP contribution >= 0.6 is 7.36 Å². The van der Waals surface area contributed by atoms with E-state index in [2.05, 4.69) is 31.2 Å². The van der Waals surface area contributed by atoms with Gasteiger partial charge in [0.25, 0.3) is 0 Å². The van der Waals surface area contributed by atoms with Crippen molar-refractivity contribution in [3.8, 4) is 0 Å². The van der Waals surface area contributed by atoms with Crippen LogP contribution in [0.5, 0.6) is 0 Å². The van der Waals surface area contributed by atoms with Crippen LogP contribution < -0.4 is 0 Å². The third-order valence-electron chi connectivity index (χ3n) is 1.33. The number of hydrogen-bond donors (Lipinski definition) is 0. The Kier molecular flexibility index (Phi) is 2.98. The highest BCUT2D eigenvalue weighted by atomic mass is 32.4. The van der Waals surface area contributed by atoms with Crippen molar-refractivity contribution in [1.29, 1.82) is 0 Å². The van der Waals surface area contributed by atoms with E-state index in [1.54, 1.807) is 0 Å². The zero-order valence-electron chi connectivity index (χ0n) is 5.87. The van der Waals surface area contributed by atoms with E-state index >= 15 is 0 Å². The molecule has 0 spiro atoms. The fraction of sp³-hybridized carbons (Fsp3) is 0.250. The van der Waals surface area contributed by atoms with Crippen LogP contribution in [0.15, 0.2) is 24.3 Å². The van der Waals surface area contributed by atoms with Gasteiger partial charge in [-0.1, -0.05) is 41.6 Å². The van der Waals surface area contributed by atoms with Gasteiger partial charge in [-0.25, -0.2) is 0 Å². The fourth-order valence-electron chi connectivity index (χ4n) is 0.885. The van der Waals surface area contributed by atoms with E-state index in [0.717, 1.165) is 13.5 Å². The van der Waals surface area contributed by atoms with Gasteiger partial charge in [-0.3, -0.25) is 0 Å². The van der Waals surface area contributed by atoms with Crippen LogP contribution in [0.4, 0.5) is 0 Å². The first-order valence-electron chi connectivity index (χ1n) is 3.17. The van der Waals surface area contributed by atoms with Crippen molar-refractivity contribution in [3.63, 3.8) is 0 Å². The van der Waals surface area contributed by atoms with E-state index in [4.69, 9.17) is 11.8 Å². The van der Waals surface area contributed by atoms with Crippen LogP contribution in [-0.2, 0) is 18.0 Å². The summed E-state index contributed by atoms with van der Waals surface area (Å²) >= 11 is 4.85. The fourth-order valence-corrected chi connectivity index (χ4v) is 1.68. The highest BCUT2D eigenvalue weighted by molar-refractivity contribution is 7.96. The van der Waals surface area contributed by atoms with Crippen molar-refractivity contribution in [1.82, 2.24) is 0 Å². The maximum absolute atomic E-state index is 4.85. The molecule has 1 aromatic rings. The first kappa shape index (κ1) is 7.84. The van der Waals surface area contributed by atoms with Crippen LogP contribution in [-0.4, -0.2) is 0 Å². The Labute approximate surface area is 68.1 Å². The van der Waals surface area contributed by atoms with Gasteiger partial charge >= 0.3 is 0 Å². The Morgan fingerprint density at radius 1 is 1.50 bits per heavy atom. The molecule has 0 aliphatic rings. The summed E-state index contributed by atoms with van der Waals surface area (Å²) in [5, 5.41) is 0. The molecular weight excluding hydrogens is 159 g/mol. The van der Waals surface area contributed by atoms with Crippen molar-refractivity contribution in [2.45, 2.75) is 13.1 Å². The normalized spacial score (nSPS) is 10.1. The van der Waals surface area contributed by atoms with Crippen molar-refractivity contribution in [2.24, 2.45) is 0 Å². The summed E-state index contributed by atoms with van der Waals surface area (Å²) in [6.45, 7) is 2.10. The van der Waals surface area contributed by atoms with Gasteiger partial charge in [0.05, 0.1) is 0 Å². The summed E-state index contributed by atoms with van der Waals surface area (Å²) in [4.78, 5) is 0. The van der Waals surface area contributed by atoms with Crippen LogP contribution in [0.2, 0.25) is 0 Å². The van der Waals surface area contributed by atoms with Gasteiger partial charge in [0, 0.05) is 6.16 Å². The molecule has 52 valence electrons. The minimum Gasteiger partial charge on any atom is -0.0617 e.